The molecule has 0 aromatic heterocycles. The third-order valence-electron chi connectivity index (χ3n) is 2.86. The van der Waals surface area contributed by atoms with Crippen molar-refractivity contribution in [3.63, 3.8) is 0 Å². The highest BCUT2D eigenvalue weighted by Crippen LogP contribution is 2.23. The largest absolute Gasteiger partial charge is 0.481 e. The summed E-state index contributed by atoms with van der Waals surface area (Å²) in [6.45, 7) is 1.56. The summed E-state index contributed by atoms with van der Waals surface area (Å²) in [5, 5.41) is 14.0. The first-order valence-corrected chi connectivity index (χ1v) is 7.29. The van der Waals surface area contributed by atoms with Gasteiger partial charge in [-0.05, 0) is 37.3 Å². The minimum absolute atomic E-state index is 0.0528. The summed E-state index contributed by atoms with van der Waals surface area (Å²) in [5.74, 6) is -0.0518. The van der Waals surface area contributed by atoms with E-state index in [1.54, 1.807) is 25.1 Å². The van der Waals surface area contributed by atoms with Crippen molar-refractivity contribution in [3.8, 4) is 5.75 Å². The van der Waals surface area contributed by atoms with Gasteiger partial charge in [0.25, 0.3) is 11.6 Å². The zero-order chi connectivity index (χ0) is 17.0. The highest BCUT2D eigenvalue weighted by molar-refractivity contribution is 6.35. The Bertz CT molecular complexity index is 715. The molecular formula is C15H12Cl2N2O4. The van der Waals surface area contributed by atoms with E-state index in [1.165, 1.54) is 24.3 Å². The van der Waals surface area contributed by atoms with E-state index in [4.69, 9.17) is 27.9 Å². The van der Waals surface area contributed by atoms with E-state index in [-0.39, 0.29) is 5.69 Å². The van der Waals surface area contributed by atoms with Crippen LogP contribution in [0, 0.1) is 10.1 Å². The van der Waals surface area contributed by atoms with Gasteiger partial charge in [0.1, 0.15) is 5.75 Å². The predicted molar refractivity (Wildman–Crippen MR) is 88.3 cm³/mol. The molecule has 0 saturated heterocycles. The molecule has 0 bridgehead atoms. The number of hydrogen-bond acceptors (Lipinski definition) is 4. The van der Waals surface area contributed by atoms with Crippen molar-refractivity contribution in [2.45, 2.75) is 13.0 Å². The van der Waals surface area contributed by atoms with Crippen LogP contribution in [-0.2, 0) is 4.79 Å². The predicted octanol–water partition coefficient (Wildman–Crippen LogP) is 4.31. The van der Waals surface area contributed by atoms with Crippen LogP contribution in [0.5, 0.6) is 5.75 Å². The third kappa shape index (κ3) is 4.84. The maximum absolute atomic E-state index is 12.1. The lowest BCUT2D eigenvalue weighted by Crippen LogP contribution is -2.30. The number of nitro groups is 1. The molecule has 0 unspecified atom stereocenters. The van der Waals surface area contributed by atoms with E-state index in [0.717, 1.165) is 0 Å². The number of nitro benzene ring substituents is 1. The van der Waals surface area contributed by atoms with Crippen LogP contribution in [-0.4, -0.2) is 16.9 Å². The first kappa shape index (κ1) is 17.1. The van der Waals surface area contributed by atoms with Gasteiger partial charge in [-0.15, -0.1) is 0 Å². The lowest BCUT2D eigenvalue weighted by Gasteiger charge is -2.15. The monoisotopic (exact) mass is 354 g/mol. The summed E-state index contributed by atoms with van der Waals surface area (Å²) in [5.41, 5.74) is 0.398. The first-order valence-electron chi connectivity index (χ1n) is 6.53. The molecule has 120 valence electrons. The molecule has 0 saturated carbocycles. The zero-order valence-electron chi connectivity index (χ0n) is 12.0. The number of non-ortho nitro benzene ring substituents is 1. The summed E-state index contributed by atoms with van der Waals surface area (Å²) in [7, 11) is 0. The highest BCUT2D eigenvalue weighted by atomic mass is 35.5. The van der Waals surface area contributed by atoms with Gasteiger partial charge in [-0.2, -0.15) is 0 Å². The van der Waals surface area contributed by atoms with Gasteiger partial charge in [0.05, 0.1) is 4.92 Å². The number of halogens is 2. The van der Waals surface area contributed by atoms with Gasteiger partial charge < -0.3 is 10.1 Å². The molecule has 2 rings (SSSR count). The number of nitrogens with one attached hydrogen (secondary N) is 1. The Balaban J connectivity index is 2.00. The number of benzene rings is 2. The third-order valence-corrected chi connectivity index (χ3v) is 3.30. The fourth-order valence-corrected chi connectivity index (χ4v) is 2.30. The molecular weight excluding hydrogens is 343 g/mol. The van der Waals surface area contributed by atoms with Crippen LogP contribution in [0.4, 0.5) is 11.4 Å². The maximum atomic E-state index is 12.1. The molecule has 23 heavy (non-hydrogen) atoms. The van der Waals surface area contributed by atoms with Gasteiger partial charge in [0.2, 0.25) is 0 Å². The van der Waals surface area contributed by atoms with Crippen LogP contribution < -0.4 is 10.1 Å². The molecule has 0 heterocycles. The van der Waals surface area contributed by atoms with Crippen molar-refractivity contribution in [2.24, 2.45) is 0 Å². The molecule has 6 nitrogen and oxygen atoms in total. The number of rotatable bonds is 5. The van der Waals surface area contributed by atoms with Crippen molar-refractivity contribution in [1.29, 1.82) is 0 Å². The average molecular weight is 355 g/mol. The Kier molecular flexibility index (Phi) is 5.41. The van der Waals surface area contributed by atoms with Crippen LogP contribution in [0.2, 0.25) is 10.0 Å². The van der Waals surface area contributed by atoms with Crippen LogP contribution in [0.15, 0.2) is 42.5 Å². The average Bonchev–Trinajstić information content (AvgIpc) is 2.46. The Morgan fingerprint density at radius 1 is 1.17 bits per heavy atom. The molecule has 0 aliphatic rings. The molecule has 0 radical (unpaired) electrons. The van der Waals surface area contributed by atoms with Gasteiger partial charge in [0, 0.05) is 27.9 Å². The highest BCUT2D eigenvalue weighted by Gasteiger charge is 2.16. The molecule has 8 heteroatoms. The smallest absolute Gasteiger partial charge is 0.269 e. The number of ether oxygens (including phenoxy) is 1. The quantitative estimate of drug-likeness (QED) is 0.640. The molecule has 0 aliphatic heterocycles. The van der Waals surface area contributed by atoms with Gasteiger partial charge in [0.15, 0.2) is 6.10 Å². The summed E-state index contributed by atoms with van der Waals surface area (Å²) in [6, 6.07) is 10.1. The fraction of sp³-hybridized carbons (Fsp3) is 0.133. The molecule has 1 amide bonds. The summed E-state index contributed by atoms with van der Waals surface area (Å²) in [4.78, 5) is 22.2. The summed E-state index contributed by atoms with van der Waals surface area (Å²) >= 11 is 11.7. The van der Waals surface area contributed by atoms with E-state index >= 15 is 0 Å². The first-order chi connectivity index (χ1) is 10.8. The van der Waals surface area contributed by atoms with Gasteiger partial charge in [-0.1, -0.05) is 23.2 Å². The van der Waals surface area contributed by atoms with Crippen molar-refractivity contribution in [2.75, 3.05) is 5.32 Å². The van der Waals surface area contributed by atoms with Crippen molar-refractivity contribution in [1.82, 2.24) is 0 Å². The van der Waals surface area contributed by atoms with E-state index in [1.807, 2.05) is 0 Å². The molecule has 2 aromatic carbocycles. The second-order valence-electron chi connectivity index (χ2n) is 4.66. The van der Waals surface area contributed by atoms with Crippen molar-refractivity contribution in [3.05, 3.63) is 62.6 Å². The molecule has 0 spiro atoms. The van der Waals surface area contributed by atoms with Crippen LogP contribution >= 0.6 is 23.2 Å². The normalized spacial score (nSPS) is 11.6. The molecule has 0 aliphatic carbocycles. The Labute approximate surface area is 142 Å². The second-order valence-corrected chi connectivity index (χ2v) is 5.53. The second kappa shape index (κ2) is 7.30. The molecule has 1 N–H and O–H groups in total. The van der Waals surface area contributed by atoms with Crippen molar-refractivity contribution < 1.29 is 14.5 Å². The minimum Gasteiger partial charge on any atom is -0.481 e. The number of carbonyl (C=O) groups is 1. The Hall–Kier alpha value is -2.31. The van der Waals surface area contributed by atoms with E-state index in [0.29, 0.717) is 21.5 Å². The molecule has 1 atom stereocenters. The Morgan fingerprint density at radius 2 is 1.74 bits per heavy atom. The summed E-state index contributed by atoms with van der Waals surface area (Å²) < 4.78 is 5.44. The van der Waals surface area contributed by atoms with Crippen LogP contribution in [0.3, 0.4) is 0 Å². The zero-order valence-corrected chi connectivity index (χ0v) is 13.5. The topological polar surface area (TPSA) is 81.5 Å². The minimum atomic E-state index is -0.811. The van der Waals surface area contributed by atoms with Crippen molar-refractivity contribution >= 4 is 40.5 Å². The van der Waals surface area contributed by atoms with Gasteiger partial charge in [-0.3, -0.25) is 14.9 Å². The van der Waals surface area contributed by atoms with Crippen LogP contribution in [0.1, 0.15) is 6.92 Å². The van der Waals surface area contributed by atoms with E-state index < -0.39 is 16.9 Å². The number of amides is 1. The SMILES string of the molecule is C[C@@H](Oc1ccc([N+](=O)[O-])cc1)C(=O)Nc1cc(Cl)cc(Cl)c1. The van der Waals surface area contributed by atoms with Crippen LogP contribution in [0.25, 0.3) is 0 Å². The number of anilines is 1. The van der Waals surface area contributed by atoms with Gasteiger partial charge >= 0.3 is 0 Å². The van der Waals surface area contributed by atoms with E-state index in [9.17, 15) is 14.9 Å². The standard InChI is InChI=1S/C15H12Cl2N2O4/c1-9(23-14-4-2-13(3-5-14)19(21)22)15(20)18-12-7-10(16)6-11(17)8-12/h2-9H,1H3,(H,18,20)/t9-/m1/s1. The van der Waals surface area contributed by atoms with Gasteiger partial charge in [-0.25, -0.2) is 0 Å². The number of carbonyl (C=O) groups excluding carboxylic acids is 1. The van der Waals surface area contributed by atoms with E-state index in [2.05, 4.69) is 5.32 Å². The number of nitrogens with zero attached hydrogens (tertiary/aromatic N) is 1. The molecule has 0 fully saturated rings. The Morgan fingerprint density at radius 3 is 2.26 bits per heavy atom. The molecule has 2 aromatic rings. The number of hydrogen-bond donors (Lipinski definition) is 1. The maximum Gasteiger partial charge on any atom is 0.269 e. The summed E-state index contributed by atoms with van der Waals surface area (Å²) in [6.07, 6.45) is -0.811. The lowest BCUT2D eigenvalue weighted by atomic mass is 10.3. The fourth-order valence-electron chi connectivity index (χ4n) is 1.77. The lowest BCUT2D eigenvalue weighted by molar-refractivity contribution is -0.384.